The predicted molar refractivity (Wildman–Crippen MR) is 114 cm³/mol. The topological polar surface area (TPSA) is 52.9 Å². The molecule has 0 aliphatic heterocycles. The van der Waals surface area contributed by atoms with Gasteiger partial charge in [-0.2, -0.15) is 5.26 Å². The monoisotopic (exact) mass is 426 g/mol. The van der Waals surface area contributed by atoms with Crippen molar-refractivity contribution in [2.45, 2.75) is 54.4 Å². The van der Waals surface area contributed by atoms with Crippen molar-refractivity contribution >= 4 is 17.7 Å². The lowest BCUT2D eigenvalue weighted by Gasteiger charge is -2.36. The smallest absolute Gasteiger partial charge is 0.249 e. The second-order valence-corrected chi connectivity index (χ2v) is 9.19. The van der Waals surface area contributed by atoms with Crippen LogP contribution in [0.5, 0.6) is 0 Å². The Morgan fingerprint density at radius 1 is 1.13 bits per heavy atom. The fraction of sp³-hybridized carbons (Fsp3) is 0.417. The van der Waals surface area contributed by atoms with E-state index in [-0.39, 0.29) is 18.8 Å². The summed E-state index contributed by atoms with van der Waals surface area (Å²) in [5.41, 5.74) is 2.05. The Bertz CT molecular complexity index is 979. The number of hydrogen-bond acceptors (Lipinski definition) is 3. The van der Waals surface area contributed by atoms with Crippen LogP contribution in [0, 0.1) is 17.2 Å². The van der Waals surface area contributed by atoms with Gasteiger partial charge in [0.1, 0.15) is 5.54 Å². The van der Waals surface area contributed by atoms with Crippen LogP contribution >= 0.6 is 11.8 Å². The van der Waals surface area contributed by atoms with Gasteiger partial charge in [0.15, 0.2) is 0 Å². The number of benzene rings is 2. The Balaban J connectivity index is 1.68. The van der Waals surface area contributed by atoms with E-state index in [2.05, 4.69) is 11.4 Å². The lowest BCUT2D eigenvalue weighted by atomic mass is 9.71. The van der Waals surface area contributed by atoms with Crippen molar-refractivity contribution in [1.82, 2.24) is 5.32 Å². The summed E-state index contributed by atoms with van der Waals surface area (Å²) in [7, 11) is 0. The van der Waals surface area contributed by atoms with Crippen molar-refractivity contribution in [2.75, 3.05) is 6.26 Å². The van der Waals surface area contributed by atoms with Gasteiger partial charge >= 0.3 is 0 Å². The van der Waals surface area contributed by atoms with Crippen molar-refractivity contribution in [1.29, 1.82) is 5.26 Å². The quantitative estimate of drug-likeness (QED) is 0.618. The van der Waals surface area contributed by atoms with Crippen molar-refractivity contribution in [3.05, 3.63) is 54.1 Å². The Hall–Kier alpha value is -2.39. The lowest BCUT2D eigenvalue weighted by molar-refractivity contribution is -0.134. The van der Waals surface area contributed by atoms with Gasteiger partial charge in [-0.15, -0.1) is 11.8 Å². The van der Waals surface area contributed by atoms with Gasteiger partial charge < -0.3 is 5.32 Å². The third-order valence-electron chi connectivity index (χ3n) is 6.25. The Morgan fingerprint density at radius 3 is 2.47 bits per heavy atom. The molecule has 2 fully saturated rings. The molecule has 0 heterocycles. The molecule has 0 spiro atoms. The highest BCUT2D eigenvalue weighted by molar-refractivity contribution is 7.98. The molecule has 1 N–H and O–H groups in total. The van der Waals surface area contributed by atoms with Crippen LogP contribution in [-0.2, 0) is 4.79 Å². The molecule has 0 radical (unpaired) electrons. The number of halogens is 2. The van der Waals surface area contributed by atoms with Crippen LogP contribution in [0.15, 0.2) is 53.4 Å². The molecule has 156 valence electrons. The van der Waals surface area contributed by atoms with E-state index in [9.17, 15) is 18.8 Å². The highest BCUT2D eigenvalue weighted by atomic mass is 32.2. The van der Waals surface area contributed by atoms with Gasteiger partial charge in [0.05, 0.1) is 12.0 Å². The molecule has 2 aromatic carbocycles. The Morgan fingerprint density at radius 2 is 1.83 bits per heavy atom. The summed E-state index contributed by atoms with van der Waals surface area (Å²) < 4.78 is 28.6. The predicted octanol–water partition coefficient (Wildman–Crippen LogP) is 5.77. The molecule has 30 heavy (non-hydrogen) atoms. The average Bonchev–Trinajstić information content (AvgIpc) is 3.53. The average molecular weight is 427 g/mol. The van der Waals surface area contributed by atoms with E-state index in [1.807, 2.05) is 54.8 Å². The van der Waals surface area contributed by atoms with E-state index in [0.717, 1.165) is 21.6 Å². The first-order valence-electron chi connectivity index (χ1n) is 10.2. The Labute approximate surface area is 179 Å². The van der Waals surface area contributed by atoms with Gasteiger partial charge in [0, 0.05) is 17.7 Å². The highest BCUT2D eigenvalue weighted by Gasteiger charge is 2.50. The maximum atomic E-state index is 14.3. The van der Waals surface area contributed by atoms with Gasteiger partial charge in [0.25, 0.3) is 0 Å². The normalized spacial score (nSPS) is 23.9. The van der Waals surface area contributed by atoms with Gasteiger partial charge in [-0.05, 0) is 60.3 Å². The summed E-state index contributed by atoms with van der Waals surface area (Å²) in [6.45, 7) is 0. The molecule has 3 nitrogen and oxygen atoms in total. The summed E-state index contributed by atoms with van der Waals surface area (Å²) in [4.78, 5) is 14.2. The first kappa shape index (κ1) is 20.9. The van der Waals surface area contributed by atoms with Crippen LogP contribution in [-0.4, -0.2) is 23.6 Å². The van der Waals surface area contributed by atoms with Crippen LogP contribution in [0.3, 0.4) is 0 Å². The molecule has 2 saturated carbocycles. The minimum Gasteiger partial charge on any atom is -0.338 e. The molecular weight excluding hydrogens is 402 g/mol. The van der Waals surface area contributed by atoms with Gasteiger partial charge in [-0.25, -0.2) is 8.78 Å². The minimum absolute atomic E-state index is 0.232. The van der Waals surface area contributed by atoms with Crippen molar-refractivity contribution < 1.29 is 13.6 Å². The van der Waals surface area contributed by atoms with E-state index in [1.165, 1.54) is 0 Å². The number of thioether (sulfide) groups is 1. The standard InChI is InChI=1S/C24H24F2N2OS/c1-30-17-8-6-16(7-9-17)18-4-2-3-5-19(18)20-10-11-24(25,26)14-21(20)22(29)28-23(15-27)12-13-23/h2-9,20-21H,10-14H2,1H3,(H,28,29)/t20-,21+/m0/s1. The number of hydrogen-bond donors (Lipinski definition) is 1. The van der Waals surface area contributed by atoms with Gasteiger partial charge in [0.2, 0.25) is 11.8 Å². The maximum absolute atomic E-state index is 14.3. The van der Waals surface area contributed by atoms with E-state index in [1.54, 1.807) is 11.8 Å². The fourth-order valence-corrected chi connectivity index (χ4v) is 4.76. The highest BCUT2D eigenvalue weighted by Crippen LogP contribution is 2.48. The van der Waals surface area contributed by atoms with E-state index < -0.39 is 29.7 Å². The zero-order chi connectivity index (χ0) is 21.4. The summed E-state index contributed by atoms with van der Waals surface area (Å²) in [5.74, 6) is -4.45. The maximum Gasteiger partial charge on any atom is 0.249 e. The first-order chi connectivity index (χ1) is 14.4. The molecule has 6 heteroatoms. The van der Waals surface area contributed by atoms with Crippen molar-refractivity contribution in [3.63, 3.8) is 0 Å². The Kier molecular flexibility index (Phi) is 5.59. The summed E-state index contributed by atoms with van der Waals surface area (Å²) in [5, 5.41) is 12.1. The fourth-order valence-electron chi connectivity index (χ4n) is 4.35. The third kappa shape index (κ3) is 4.22. The van der Waals surface area contributed by atoms with Gasteiger partial charge in [-0.1, -0.05) is 36.4 Å². The summed E-state index contributed by atoms with van der Waals surface area (Å²) in [6, 6.07) is 18.0. The molecule has 0 unspecified atom stereocenters. The molecule has 2 aromatic rings. The van der Waals surface area contributed by atoms with E-state index in [0.29, 0.717) is 12.8 Å². The van der Waals surface area contributed by atoms with Crippen LogP contribution in [0.25, 0.3) is 11.1 Å². The molecule has 0 aromatic heterocycles. The second kappa shape index (κ2) is 8.03. The largest absolute Gasteiger partial charge is 0.338 e. The molecule has 2 aliphatic rings. The lowest BCUT2D eigenvalue weighted by Crippen LogP contribution is -2.45. The number of nitrogens with one attached hydrogen (secondary N) is 1. The van der Waals surface area contributed by atoms with Gasteiger partial charge in [-0.3, -0.25) is 4.79 Å². The van der Waals surface area contributed by atoms with Crippen LogP contribution < -0.4 is 5.32 Å². The third-order valence-corrected chi connectivity index (χ3v) is 6.99. The zero-order valence-electron chi connectivity index (χ0n) is 16.8. The van der Waals surface area contributed by atoms with E-state index >= 15 is 0 Å². The van der Waals surface area contributed by atoms with Crippen molar-refractivity contribution in [2.24, 2.45) is 5.92 Å². The molecular formula is C24H24F2N2OS. The zero-order valence-corrected chi connectivity index (χ0v) is 17.6. The van der Waals surface area contributed by atoms with Crippen molar-refractivity contribution in [3.8, 4) is 17.2 Å². The molecule has 0 saturated heterocycles. The number of rotatable bonds is 5. The molecule has 2 aliphatic carbocycles. The minimum atomic E-state index is -2.86. The molecule has 4 rings (SSSR count). The number of nitriles is 1. The molecule has 0 bridgehead atoms. The SMILES string of the molecule is CSc1ccc(-c2ccccc2[C@@H]2CCC(F)(F)C[C@H]2C(=O)NC2(C#N)CC2)cc1. The number of carbonyl (C=O) groups excluding carboxylic acids is 1. The number of alkyl halides is 2. The summed E-state index contributed by atoms with van der Waals surface area (Å²) in [6.07, 6.45) is 2.71. The van der Waals surface area contributed by atoms with Crippen LogP contribution in [0.1, 0.15) is 43.6 Å². The molecule has 1 amide bonds. The first-order valence-corrected chi connectivity index (χ1v) is 11.4. The summed E-state index contributed by atoms with van der Waals surface area (Å²) >= 11 is 1.66. The number of amides is 1. The second-order valence-electron chi connectivity index (χ2n) is 8.31. The number of nitrogens with zero attached hydrogens (tertiary/aromatic N) is 1. The van der Waals surface area contributed by atoms with Crippen LogP contribution in [0.4, 0.5) is 8.78 Å². The molecule has 2 atom stereocenters. The van der Waals surface area contributed by atoms with E-state index in [4.69, 9.17) is 0 Å². The number of carbonyl (C=O) groups is 1. The van der Waals surface area contributed by atoms with Crippen LogP contribution in [0.2, 0.25) is 0 Å².